The van der Waals surface area contributed by atoms with Gasteiger partial charge in [0.25, 0.3) is 0 Å². The number of hydrogen-bond donors (Lipinski definition) is 1. The van der Waals surface area contributed by atoms with Gasteiger partial charge in [-0.1, -0.05) is 30.3 Å². The van der Waals surface area contributed by atoms with Crippen molar-refractivity contribution in [2.45, 2.75) is 13.5 Å². The Morgan fingerprint density at radius 2 is 1.81 bits per heavy atom. The number of pyridine rings is 1. The van der Waals surface area contributed by atoms with Crippen molar-refractivity contribution in [1.29, 1.82) is 0 Å². The van der Waals surface area contributed by atoms with Gasteiger partial charge in [0.1, 0.15) is 5.82 Å². The van der Waals surface area contributed by atoms with Gasteiger partial charge in [0, 0.05) is 36.2 Å². The molecule has 0 fully saturated rings. The van der Waals surface area contributed by atoms with E-state index in [0.717, 1.165) is 34.4 Å². The molecule has 0 saturated heterocycles. The van der Waals surface area contributed by atoms with Gasteiger partial charge in [-0.15, -0.1) is 0 Å². The molecule has 3 heteroatoms. The first kappa shape index (κ1) is 13.4. The Morgan fingerprint density at radius 1 is 1.05 bits per heavy atom. The normalized spacial score (nSPS) is 10.8. The molecule has 0 aliphatic heterocycles. The van der Waals surface area contributed by atoms with Crippen molar-refractivity contribution in [3.05, 3.63) is 65.9 Å². The summed E-state index contributed by atoms with van der Waals surface area (Å²) in [6, 6.07) is 16.5. The van der Waals surface area contributed by atoms with E-state index < -0.39 is 0 Å². The average molecular weight is 277 g/mol. The number of fused-ring (bicyclic) bond motifs is 1. The van der Waals surface area contributed by atoms with Gasteiger partial charge in [0.2, 0.25) is 0 Å². The van der Waals surface area contributed by atoms with Crippen molar-refractivity contribution in [3.8, 4) is 0 Å². The van der Waals surface area contributed by atoms with Gasteiger partial charge in [0.15, 0.2) is 0 Å². The molecule has 1 aromatic heterocycles. The number of aryl methyl sites for hydroxylation is 1. The molecule has 0 amide bonds. The van der Waals surface area contributed by atoms with Crippen LogP contribution < -0.4 is 10.6 Å². The lowest BCUT2D eigenvalue weighted by Crippen LogP contribution is -2.18. The van der Waals surface area contributed by atoms with Crippen LogP contribution in [0.25, 0.3) is 10.8 Å². The highest BCUT2D eigenvalue weighted by Crippen LogP contribution is 2.29. The summed E-state index contributed by atoms with van der Waals surface area (Å²) in [5, 5.41) is 2.17. The van der Waals surface area contributed by atoms with Crippen molar-refractivity contribution >= 4 is 22.3 Å². The van der Waals surface area contributed by atoms with E-state index in [1.54, 1.807) is 0 Å². The zero-order chi connectivity index (χ0) is 14.8. The van der Waals surface area contributed by atoms with Crippen LogP contribution in [0.1, 0.15) is 11.1 Å². The molecule has 21 heavy (non-hydrogen) atoms. The quantitative estimate of drug-likeness (QED) is 0.741. The molecule has 0 unspecified atom stereocenters. The highest BCUT2D eigenvalue weighted by molar-refractivity contribution is 5.99. The molecule has 106 valence electrons. The SMILES string of the molecule is Cc1cc(N)c2ccnc(N(C)Cc3ccccc3)c2c1. The Balaban J connectivity index is 2.04. The number of hydrogen-bond acceptors (Lipinski definition) is 3. The molecule has 0 aliphatic carbocycles. The minimum atomic E-state index is 0.807. The summed E-state index contributed by atoms with van der Waals surface area (Å²) in [6.45, 7) is 2.88. The van der Waals surface area contributed by atoms with Gasteiger partial charge >= 0.3 is 0 Å². The summed E-state index contributed by atoms with van der Waals surface area (Å²) in [5.41, 5.74) is 9.36. The molecule has 3 aromatic rings. The Bertz CT molecular complexity index is 766. The standard InChI is InChI=1S/C18H19N3/c1-13-10-16-15(17(19)11-13)8-9-20-18(16)21(2)12-14-6-4-3-5-7-14/h3-11H,12,19H2,1-2H3. The molecule has 3 nitrogen and oxygen atoms in total. The number of benzene rings is 2. The molecule has 0 atom stereocenters. The Morgan fingerprint density at radius 3 is 2.57 bits per heavy atom. The lowest BCUT2D eigenvalue weighted by molar-refractivity contribution is 0.905. The van der Waals surface area contributed by atoms with Crippen molar-refractivity contribution in [2.24, 2.45) is 0 Å². The second-order valence-electron chi connectivity index (χ2n) is 5.43. The minimum absolute atomic E-state index is 0.807. The largest absolute Gasteiger partial charge is 0.398 e. The molecule has 0 radical (unpaired) electrons. The fourth-order valence-corrected chi connectivity index (χ4v) is 2.68. The van der Waals surface area contributed by atoms with Crippen LogP contribution in [0.4, 0.5) is 11.5 Å². The van der Waals surface area contributed by atoms with Gasteiger partial charge in [-0.25, -0.2) is 4.98 Å². The van der Waals surface area contributed by atoms with Gasteiger partial charge < -0.3 is 10.6 Å². The fraction of sp³-hybridized carbons (Fsp3) is 0.167. The lowest BCUT2D eigenvalue weighted by atomic mass is 10.1. The second kappa shape index (κ2) is 5.44. The Labute approximate surface area is 125 Å². The van der Waals surface area contributed by atoms with Crippen molar-refractivity contribution < 1.29 is 0 Å². The minimum Gasteiger partial charge on any atom is -0.398 e. The zero-order valence-corrected chi connectivity index (χ0v) is 12.4. The van der Waals surface area contributed by atoms with Crippen LogP contribution in [0.2, 0.25) is 0 Å². The van der Waals surface area contributed by atoms with Crippen LogP contribution in [0, 0.1) is 6.92 Å². The molecule has 0 spiro atoms. The molecule has 2 N–H and O–H groups in total. The van der Waals surface area contributed by atoms with E-state index in [-0.39, 0.29) is 0 Å². The van der Waals surface area contributed by atoms with E-state index in [9.17, 15) is 0 Å². The van der Waals surface area contributed by atoms with E-state index in [1.807, 2.05) is 24.4 Å². The summed E-state index contributed by atoms with van der Waals surface area (Å²) >= 11 is 0. The van der Waals surface area contributed by atoms with Crippen LogP contribution in [0.15, 0.2) is 54.7 Å². The van der Waals surface area contributed by atoms with E-state index in [0.29, 0.717) is 0 Å². The number of nitrogen functional groups attached to an aromatic ring is 1. The van der Waals surface area contributed by atoms with E-state index in [4.69, 9.17) is 5.73 Å². The Hall–Kier alpha value is -2.55. The highest BCUT2D eigenvalue weighted by Gasteiger charge is 2.10. The summed E-state index contributed by atoms with van der Waals surface area (Å²) in [5.74, 6) is 0.965. The van der Waals surface area contributed by atoms with Crippen LogP contribution in [0.3, 0.4) is 0 Å². The smallest absolute Gasteiger partial charge is 0.136 e. The number of rotatable bonds is 3. The Kier molecular flexibility index (Phi) is 3.48. The number of nitrogens with two attached hydrogens (primary N) is 1. The van der Waals surface area contributed by atoms with Crippen molar-refractivity contribution in [1.82, 2.24) is 4.98 Å². The average Bonchev–Trinajstić information content (AvgIpc) is 2.47. The second-order valence-corrected chi connectivity index (χ2v) is 5.43. The van der Waals surface area contributed by atoms with E-state index in [2.05, 4.69) is 54.2 Å². The third-order valence-electron chi connectivity index (χ3n) is 3.66. The molecule has 3 rings (SSSR count). The van der Waals surface area contributed by atoms with Crippen LogP contribution in [-0.2, 0) is 6.54 Å². The van der Waals surface area contributed by atoms with Gasteiger partial charge in [-0.3, -0.25) is 0 Å². The third-order valence-corrected chi connectivity index (χ3v) is 3.66. The van der Waals surface area contributed by atoms with Gasteiger partial charge in [-0.2, -0.15) is 0 Å². The molecular weight excluding hydrogens is 258 g/mol. The van der Waals surface area contributed by atoms with Gasteiger partial charge in [0.05, 0.1) is 0 Å². The molecular formula is C18H19N3. The lowest BCUT2D eigenvalue weighted by Gasteiger charge is -2.20. The summed E-state index contributed by atoms with van der Waals surface area (Å²) < 4.78 is 0. The number of anilines is 2. The number of nitrogens with zero attached hydrogens (tertiary/aromatic N) is 2. The highest BCUT2D eigenvalue weighted by atomic mass is 15.2. The van der Waals surface area contributed by atoms with Gasteiger partial charge in [-0.05, 0) is 36.2 Å². The van der Waals surface area contributed by atoms with Crippen molar-refractivity contribution in [2.75, 3.05) is 17.7 Å². The molecule has 0 bridgehead atoms. The maximum atomic E-state index is 6.13. The van der Waals surface area contributed by atoms with Crippen LogP contribution >= 0.6 is 0 Å². The summed E-state index contributed by atoms with van der Waals surface area (Å²) in [4.78, 5) is 6.72. The molecule has 0 saturated carbocycles. The molecule has 0 aliphatic rings. The fourth-order valence-electron chi connectivity index (χ4n) is 2.68. The summed E-state index contributed by atoms with van der Waals surface area (Å²) in [7, 11) is 2.06. The zero-order valence-electron chi connectivity index (χ0n) is 12.4. The predicted molar refractivity (Wildman–Crippen MR) is 89.4 cm³/mol. The monoisotopic (exact) mass is 277 g/mol. The first-order chi connectivity index (χ1) is 10.1. The topological polar surface area (TPSA) is 42.1 Å². The third kappa shape index (κ3) is 2.68. The van der Waals surface area contributed by atoms with Crippen molar-refractivity contribution in [3.63, 3.8) is 0 Å². The number of aromatic nitrogens is 1. The van der Waals surface area contributed by atoms with E-state index in [1.165, 1.54) is 5.56 Å². The first-order valence-corrected chi connectivity index (χ1v) is 7.05. The molecule has 1 heterocycles. The van der Waals surface area contributed by atoms with E-state index >= 15 is 0 Å². The maximum absolute atomic E-state index is 6.13. The van der Waals surface area contributed by atoms with Crippen LogP contribution in [0.5, 0.6) is 0 Å². The first-order valence-electron chi connectivity index (χ1n) is 7.05. The van der Waals surface area contributed by atoms with Crippen LogP contribution in [-0.4, -0.2) is 12.0 Å². The molecule has 2 aromatic carbocycles. The predicted octanol–water partition coefficient (Wildman–Crippen LogP) is 3.76. The maximum Gasteiger partial charge on any atom is 0.136 e. The summed E-state index contributed by atoms with van der Waals surface area (Å²) in [6.07, 6.45) is 1.82.